The molecule has 2 aromatic carbocycles. The molecule has 36 heavy (non-hydrogen) atoms. The van der Waals surface area contributed by atoms with Crippen molar-refractivity contribution in [3.63, 3.8) is 0 Å². The fourth-order valence-corrected chi connectivity index (χ4v) is 5.86. The van der Waals surface area contributed by atoms with Crippen molar-refractivity contribution in [1.82, 2.24) is 10.2 Å². The molecule has 3 atom stereocenters. The second kappa shape index (κ2) is 11.5. The molecule has 1 saturated heterocycles. The predicted octanol–water partition coefficient (Wildman–Crippen LogP) is 5.34. The fraction of sp³-hybridized carbons (Fsp3) is 0.517. The fourth-order valence-electron chi connectivity index (χ4n) is 5.86. The molecule has 2 fully saturated rings. The number of halogens is 1. The van der Waals surface area contributed by atoms with E-state index in [0.29, 0.717) is 23.7 Å². The van der Waals surface area contributed by atoms with Crippen LogP contribution in [0.4, 0.5) is 14.9 Å². The number of nitrogens with one attached hydrogen (secondary N) is 2. The number of urea groups is 1. The summed E-state index contributed by atoms with van der Waals surface area (Å²) in [5, 5.41) is 17.5. The van der Waals surface area contributed by atoms with E-state index in [-0.39, 0.29) is 30.1 Å². The highest BCUT2D eigenvalue weighted by Crippen LogP contribution is 2.37. The lowest BCUT2D eigenvalue weighted by Gasteiger charge is -2.44. The first-order valence-corrected chi connectivity index (χ1v) is 13.1. The first kappa shape index (κ1) is 26.3. The number of Topliss-reactive ketones (excluding diaryl/α,β-unsaturated/α-hetero) is 1. The van der Waals surface area contributed by atoms with Gasteiger partial charge in [0.05, 0.1) is 5.60 Å². The van der Waals surface area contributed by atoms with Gasteiger partial charge in [-0.25, -0.2) is 9.18 Å². The van der Waals surface area contributed by atoms with Gasteiger partial charge in [0.15, 0.2) is 5.78 Å². The van der Waals surface area contributed by atoms with Gasteiger partial charge >= 0.3 is 6.03 Å². The minimum absolute atomic E-state index is 0.0630. The van der Waals surface area contributed by atoms with Gasteiger partial charge in [-0.2, -0.15) is 0 Å². The maximum absolute atomic E-state index is 13.3. The first-order chi connectivity index (χ1) is 17.2. The molecule has 7 heteroatoms. The summed E-state index contributed by atoms with van der Waals surface area (Å²) in [6, 6.07) is 13.5. The zero-order valence-electron chi connectivity index (χ0n) is 21.3. The Balaban J connectivity index is 1.38. The molecule has 1 saturated carbocycles. The number of nitrogens with zero attached hydrogens (tertiary/aromatic N) is 1. The van der Waals surface area contributed by atoms with Gasteiger partial charge in [-0.05, 0) is 87.7 Å². The molecule has 0 aromatic heterocycles. The smallest absolute Gasteiger partial charge is 0.319 e. The molecule has 1 heterocycles. The number of β-amino-alcohol motifs (C(OH)–C–C–N with tert-alkyl or cyclic N) is 1. The number of aliphatic hydroxyl groups is 1. The highest BCUT2D eigenvalue weighted by molar-refractivity contribution is 5.96. The molecular formula is C29H38FN3O3. The Bertz CT molecular complexity index is 1050. The molecule has 3 N–H and O–H groups in total. The molecule has 0 bridgehead atoms. The molecule has 1 aliphatic carbocycles. The SMILES string of the molecule is CC(=O)c1cccc(NC(=O)NCC(O)(CN2CCC(c3ccc(F)cc3)CC2C)C2CCCC2)c1. The summed E-state index contributed by atoms with van der Waals surface area (Å²) in [7, 11) is 0. The zero-order chi connectivity index (χ0) is 25.7. The van der Waals surface area contributed by atoms with Crippen LogP contribution >= 0.6 is 0 Å². The summed E-state index contributed by atoms with van der Waals surface area (Å²) in [5.74, 6) is 0.243. The van der Waals surface area contributed by atoms with Gasteiger partial charge in [-0.15, -0.1) is 0 Å². The molecule has 3 unspecified atom stereocenters. The number of hydrogen-bond acceptors (Lipinski definition) is 4. The maximum atomic E-state index is 13.3. The van der Waals surface area contributed by atoms with Gasteiger partial charge in [0, 0.05) is 30.4 Å². The molecular weight excluding hydrogens is 457 g/mol. The van der Waals surface area contributed by atoms with Crippen LogP contribution in [-0.4, -0.2) is 53.1 Å². The molecule has 1 aliphatic heterocycles. The van der Waals surface area contributed by atoms with E-state index < -0.39 is 11.6 Å². The number of amides is 2. The number of benzene rings is 2. The Morgan fingerprint density at radius 2 is 1.83 bits per heavy atom. The van der Waals surface area contributed by atoms with Gasteiger partial charge in [-0.1, -0.05) is 37.1 Å². The lowest BCUT2D eigenvalue weighted by atomic mass is 9.82. The lowest BCUT2D eigenvalue weighted by Crippen LogP contribution is -2.57. The van der Waals surface area contributed by atoms with Crippen molar-refractivity contribution >= 4 is 17.5 Å². The quantitative estimate of drug-likeness (QED) is 0.432. The van der Waals surface area contributed by atoms with Crippen molar-refractivity contribution in [2.24, 2.45) is 5.92 Å². The number of likely N-dealkylation sites (tertiary alicyclic amines) is 1. The Labute approximate surface area is 213 Å². The number of rotatable bonds is 8. The Kier molecular flexibility index (Phi) is 8.42. The van der Waals surface area contributed by atoms with Gasteiger partial charge in [0.25, 0.3) is 0 Å². The third kappa shape index (κ3) is 6.51. The van der Waals surface area contributed by atoms with Crippen LogP contribution in [0.2, 0.25) is 0 Å². The molecule has 0 spiro atoms. The van der Waals surface area contributed by atoms with E-state index in [4.69, 9.17) is 0 Å². The molecule has 2 amide bonds. The highest BCUT2D eigenvalue weighted by atomic mass is 19.1. The third-order valence-corrected chi connectivity index (χ3v) is 8.03. The van der Waals surface area contributed by atoms with E-state index in [2.05, 4.69) is 22.5 Å². The molecule has 2 aliphatic rings. The predicted molar refractivity (Wildman–Crippen MR) is 140 cm³/mol. The van der Waals surface area contributed by atoms with Gasteiger partial charge < -0.3 is 15.7 Å². The van der Waals surface area contributed by atoms with Gasteiger partial charge in [0.1, 0.15) is 5.82 Å². The maximum Gasteiger partial charge on any atom is 0.319 e. The van der Waals surface area contributed by atoms with Gasteiger partial charge in [-0.3, -0.25) is 9.69 Å². The summed E-state index contributed by atoms with van der Waals surface area (Å²) >= 11 is 0. The molecule has 6 nitrogen and oxygen atoms in total. The lowest BCUT2D eigenvalue weighted by molar-refractivity contribution is -0.0544. The summed E-state index contributed by atoms with van der Waals surface area (Å²) in [6.07, 6.45) is 6.02. The summed E-state index contributed by atoms with van der Waals surface area (Å²) < 4.78 is 13.3. The number of carbonyl (C=O) groups excluding carboxylic acids is 2. The van der Waals surface area contributed by atoms with Crippen LogP contribution in [0.1, 0.15) is 74.2 Å². The van der Waals surface area contributed by atoms with Crippen molar-refractivity contribution in [1.29, 1.82) is 0 Å². The van der Waals surface area contributed by atoms with E-state index in [1.165, 1.54) is 24.6 Å². The van der Waals surface area contributed by atoms with Crippen molar-refractivity contribution in [2.75, 3.05) is 25.0 Å². The Morgan fingerprint density at radius 1 is 1.11 bits per heavy atom. The highest BCUT2D eigenvalue weighted by Gasteiger charge is 2.42. The third-order valence-electron chi connectivity index (χ3n) is 8.03. The molecule has 2 aromatic rings. The first-order valence-electron chi connectivity index (χ1n) is 13.1. The summed E-state index contributed by atoms with van der Waals surface area (Å²) in [6.45, 7) is 5.20. The number of hydrogen-bond donors (Lipinski definition) is 3. The second-order valence-corrected chi connectivity index (χ2v) is 10.6. The standard InChI is InChI=1S/C29H38FN3O3/c1-20-16-24(22-10-12-26(30)13-11-22)14-15-33(20)19-29(36,25-7-3-4-8-25)18-31-28(35)32-27-9-5-6-23(17-27)21(2)34/h5-6,9-13,17,20,24-25,36H,3-4,7-8,14-16,18-19H2,1-2H3,(H2,31,32,35). The van der Waals surface area contributed by atoms with Crippen molar-refractivity contribution in [3.8, 4) is 0 Å². The molecule has 0 radical (unpaired) electrons. The molecule has 4 rings (SSSR count). The van der Waals surface area contributed by atoms with Crippen LogP contribution in [0.3, 0.4) is 0 Å². The topological polar surface area (TPSA) is 81.7 Å². The zero-order valence-corrected chi connectivity index (χ0v) is 21.3. The van der Waals surface area contributed by atoms with E-state index in [9.17, 15) is 19.1 Å². The van der Waals surface area contributed by atoms with E-state index in [1.54, 1.807) is 24.3 Å². The number of carbonyl (C=O) groups is 2. The minimum Gasteiger partial charge on any atom is -0.386 e. The molecule has 194 valence electrons. The average molecular weight is 496 g/mol. The van der Waals surface area contributed by atoms with Gasteiger partial charge in [0.2, 0.25) is 0 Å². The van der Waals surface area contributed by atoms with Crippen LogP contribution in [0.15, 0.2) is 48.5 Å². The Hall–Kier alpha value is -2.77. The van der Waals surface area contributed by atoms with Crippen LogP contribution in [0.25, 0.3) is 0 Å². The van der Waals surface area contributed by atoms with Crippen molar-refractivity contribution in [2.45, 2.75) is 69.9 Å². The van der Waals surface area contributed by atoms with Crippen LogP contribution in [-0.2, 0) is 0 Å². The number of piperidine rings is 1. The van der Waals surface area contributed by atoms with Crippen molar-refractivity contribution < 1.29 is 19.1 Å². The average Bonchev–Trinajstić information content (AvgIpc) is 3.41. The van der Waals surface area contributed by atoms with E-state index in [1.807, 2.05) is 12.1 Å². The summed E-state index contributed by atoms with van der Waals surface area (Å²) in [4.78, 5) is 26.7. The number of ketones is 1. The largest absolute Gasteiger partial charge is 0.386 e. The van der Waals surface area contributed by atoms with Crippen LogP contribution in [0, 0.1) is 11.7 Å². The Morgan fingerprint density at radius 3 is 2.50 bits per heavy atom. The van der Waals surface area contributed by atoms with Crippen LogP contribution in [0.5, 0.6) is 0 Å². The minimum atomic E-state index is -1.02. The number of anilines is 1. The van der Waals surface area contributed by atoms with Crippen LogP contribution < -0.4 is 10.6 Å². The monoisotopic (exact) mass is 495 g/mol. The summed E-state index contributed by atoms with van der Waals surface area (Å²) in [5.41, 5.74) is 1.22. The van der Waals surface area contributed by atoms with E-state index >= 15 is 0 Å². The normalized spacial score (nSPS) is 22.7. The van der Waals surface area contributed by atoms with Crippen molar-refractivity contribution in [3.05, 3.63) is 65.5 Å². The second-order valence-electron chi connectivity index (χ2n) is 10.6. The van der Waals surface area contributed by atoms with E-state index in [0.717, 1.165) is 45.1 Å².